The van der Waals surface area contributed by atoms with Crippen molar-refractivity contribution in [3.63, 3.8) is 0 Å². The molecule has 3 atom stereocenters. The molecule has 4 rings (SSSR count). The van der Waals surface area contributed by atoms with Gasteiger partial charge in [0, 0.05) is 54.6 Å². The summed E-state index contributed by atoms with van der Waals surface area (Å²) in [6.07, 6.45) is 2.47. The van der Waals surface area contributed by atoms with Crippen LogP contribution >= 0.6 is 11.6 Å². The third-order valence-corrected chi connectivity index (χ3v) is 6.08. The quantitative estimate of drug-likeness (QED) is 0.874. The van der Waals surface area contributed by atoms with Gasteiger partial charge in [0.15, 0.2) is 0 Å². The third-order valence-electron chi connectivity index (χ3n) is 5.75. The zero-order valence-electron chi connectivity index (χ0n) is 14.6. The van der Waals surface area contributed by atoms with Crippen LogP contribution in [0.3, 0.4) is 0 Å². The lowest BCUT2D eigenvalue weighted by Crippen LogP contribution is -2.57. The first-order chi connectivity index (χ1) is 12.6. The van der Waals surface area contributed by atoms with Crippen molar-refractivity contribution in [1.82, 2.24) is 15.1 Å². The standard InChI is InChI=1S/C19H23ClFN3O2/c20-15-4-1-5-16(21)18(15)13-9-14(13)19(26)23-7-2-3-12(11-23)24-8-6-22-10-17(24)25/h1,4-5,12-14,22H,2-3,6-11H2. The van der Waals surface area contributed by atoms with E-state index in [2.05, 4.69) is 5.32 Å². The number of rotatable bonds is 3. The summed E-state index contributed by atoms with van der Waals surface area (Å²) < 4.78 is 14.1. The predicted octanol–water partition coefficient (Wildman–Crippen LogP) is 2.01. The van der Waals surface area contributed by atoms with E-state index >= 15 is 0 Å². The summed E-state index contributed by atoms with van der Waals surface area (Å²) in [6, 6.07) is 4.75. The van der Waals surface area contributed by atoms with Crippen LogP contribution in [0.2, 0.25) is 5.02 Å². The summed E-state index contributed by atoms with van der Waals surface area (Å²) in [5.41, 5.74) is 0.471. The maximum absolute atomic E-state index is 14.1. The van der Waals surface area contributed by atoms with E-state index in [1.807, 2.05) is 9.80 Å². The maximum Gasteiger partial charge on any atom is 0.236 e. The minimum absolute atomic E-state index is 0.0709. The average Bonchev–Trinajstić information content (AvgIpc) is 3.42. The van der Waals surface area contributed by atoms with Gasteiger partial charge in [-0.3, -0.25) is 9.59 Å². The molecule has 1 aliphatic carbocycles. The highest BCUT2D eigenvalue weighted by Gasteiger charge is 2.48. The van der Waals surface area contributed by atoms with Gasteiger partial charge in [-0.2, -0.15) is 0 Å². The van der Waals surface area contributed by atoms with Crippen LogP contribution in [-0.2, 0) is 9.59 Å². The van der Waals surface area contributed by atoms with Crippen molar-refractivity contribution >= 4 is 23.4 Å². The number of likely N-dealkylation sites (tertiary alicyclic amines) is 1. The minimum atomic E-state index is -0.333. The van der Waals surface area contributed by atoms with Crippen molar-refractivity contribution in [3.8, 4) is 0 Å². The van der Waals surface area contributed by atoms with E-state index in [9.17, 15) is 14.0 Å². The Labute approximate surface area is 157 Å². The lowest BCUT2D eigenvalue weighted by Gasteiger charge is -2.41. The molecule has 3 aliphatic rings. The van der Waals surface area contributed by atoms with Gasteiger partial charge < -0.3 is 15.1 Å². The summed E-state index contributed by atoms with van der Waals surface area (Å²) in [6.45, 7) is 3.17. The Bertz CT molecular complexity index is 708. The molecular formula is C19H23ClFN3O2. The number of piperidine rings is 1. The van der Waals surface area contributed by atoms with E-state index in [4.69, 9.17) is 11.6 Å². The number of amides is 2. The Morgan fingerprint density at radius 3 is 2.92 bits per heavy atom. The second-order valence-corrected chi connectivity index (χ2v) is 7.84. The molecule has 0 aromatic heterocycles. The van der Waals surface area contributed by atoms with Crippen molar-refractivity contribution in [3.05, 3.63) is 34.6 Å². The molecule has 0 spiro atoms. The highest BCUT2D eigenvalue weighted by Crippen LogP contribution is 2.51. The topological polar surface area (TPSA) is 52.7 Å². The summed E-state index contributed by atoms with van der Waals surface area (Å²) in [5.74, 6) is -0.473. The lowest BCUT2D eigenvalue weighted by atomic mass is 10.0. The fourth-order valence-corrected chi connectivity index (χ4v) is 4.61. The zero-order chi connectivity index (χ0) is 18.3. The van der Waals surface area contributed by atoms with Gasteiger partial charge in [0.2, 0.25) is 11.8 Å². The highest BCUT2D eigenvalue weighted by molar-refractivity contribution is 6.31. The Balaban J connectivity index is 1.42. The molecule has 3 fully saturated rings. The van der Waals surface area contributed by atoms with Gasteiger partial charge in [0.25, 0.3) is 0 Å². The van der Waals surface area contributed by atoms with E-state index in [1.165, 1.54) is 6.07 Å². The first kappa shape index (κ1) is 17.7. The van der Waals surface area contributed by atoms with Gasteiger partial charge in [0.1, 0.15) is 5.82 Å². The normalized spacial score (nSPS) is 29.0. The van der Waals surface area contributed by atoms with Crippen molar-refractivity contribution in [2.75, 3.05) is 32.7 Å². The number of hydrogen-bond acceptors (Lipinski definition) is 3. The second kappa shape index (κ2) is 7.16. The number of hydrogen-bond donors (Lipinski definition) is 1. The Hall–Kier alpha value is -1.66. The highest BCUT2D eigenvalue weighted by atomic mass is 35.5. The van der Waals surface area contributed by atoms with Gasteiger partial charge in [-0.1, -0.05) is 17.7 Å². The molecule has 0 bridgehead atoms. The van der Waals surface area contributed by atoms with Crippen molar-refractivity contribution < 1.29 is 14.0 Å². The number of nitrogens with one attached hydrogen (secondary N) is 1. The summed E-state index contributed by atoms with van der Waals surface area (Å²) in [5, 5.41) is 3.48. The molecule has 1 aromatic rings. The molecule has 140 valence electrons. The summed E-state index contributed by atoms with van der Waals surface area (Å²) in [7, 11) is 0. The lowest BCUT2D eigenvalue weighted by molar-refractivity contribution is -0.141. The predicted molar refractivity (Wildman–Crippen MR) is 96.4 cm³/mol. The van der Waals surface area contributed by atoms with E-state index in [1.54, 1.807) is 12.1 Å². The molecule has 2 heterocycles. The molecule has 2 saturated heterocycles. The van der Waals surface area contributed by atoms with E-state index in [-0.39, 0.29) is 35.5 Å². The number of nitrogens with zero attached hydrogens (tertiary/aromatic N) is 2. The van der Waals surface area contributed by atoms with Gasteiger partial charge >= 0.3 is 0 Å². The van der Waals surface area contributed by atoms with Gasteiger partial charge in [-0.05, 0) is 31.4 Å². The fraction of sp³-hybridized carbons (Fsp3) is 0.579. The van der Waals surface area contributed by atoms with Crippen LogP contribution in [0.5, 0.6) is 0 Å². The summed E-state index contributed by atoms with van der Waals surface area (Å²) >= 11 is 6.15. The Kier molecular flexibility index (Phi) is 4.88. The smallest absolute Gasteiger partial charge is 0.236 e. The first-order valence-electron chi connectivity index (χ1n) is 9.29. The minimum Gasteiger partial charge on any atom is -0.340 e. The molecule has 7 heteroatoms. The Morgan fingerprint density at radius 1 is 1.31 bits per heavy atom. The van der Waals surface area contributed by atoms with Crippen LogP contribution in [0.15, 0.2) is 18.2 Å². The molecule has 1 N–H and O–H groups in total. The largest absolute Gasteiger partial charge is 0.340 e. The molecule has 1 saturated carbocycles. The maximum atomic E-state index is 14.1. The molecule has 2 amide bonds. The van der Waals surface area contributed by atoms with Crippen molar-refractivity contribution in [1.29, 1.82) is 0 Å². The van der Waals surface area contributed by atoms with Gasteiger partial charge in [0.05, 0.1) is 6.54 Å². The monoisotopic (exact) mass is 379 g/mol. The van der Waals surface area contributed by atoms with E-state index < -0.39 is 0 Å². The van der Waals surface area contributed by atoms with E-state index in [0.717, 1.165) is 19.4 Å². The van der Waals surface area contributed by atoms with Gasteiger partial charge in [-0.25, -0.2) is 4.39 Å². The molecule has 1 aromatic carbocycles. The van der Waals surface area contributed by atoms with Crippen LogP contribution < -0.4 is 5.32 Å². The molecule has 0 radical (unpaired) electrons. The molecular weight excluding hydrogens is 357 g/mol. The van der Waals surface area contributed by atoms with Crippen LogP contribution in [0.1, 0.15) is 30.7 Å². The first-order valence-corrected chi connectivity index (χ1v) is 9.67. The molecule has 3 unspecified atom stereocenters. The van der Waals surface area contributed by atoms with Crippen LogP contribution in [0.4, 0.5) is 4.39 Å². The van der Waals surface area contributed by atoms with Crippen LogP contribution in [0.25, 0.3) is 0 Å². The number of piperazine rings is 1. The SMILES string of the molecule is O=C(C1CC1c1c(F)cccc1Cl)N1CCCC(N2CCNCC2=O)C1. The van der Waals surface area contributed by atoms with Gasteiger partial charge in [-0.15, -0.1) is 0 Å². The summed E-state index contributed by atoms with van der Waals surface area (Å²) in [4.78, 5) is 28.8. The number of halogens is 2. The van der Waals surface area contributed by atoms with Crippen molar-refractivity contribution in [2.45, 2.75) is 31.2 Å². The molecule has 5 nitrogen and oxygen atoms in total. The molecule has 2 aliphatic heterocycles. The van der Waals surface area contributed by atoms with E-state index in [0.29, 0.717) is 43.2 Å². The van der Waals surface area contributed by atoms with Crippen LogP contribution in [-0.4, -0.2) is 60.4 Å². The Morgan fingerprint density at radius 2 is 2.15 bits per heavy atom. The van der Waals surface area contributed by atoms with Crippen molar-refractivity contribution in [2.24, 2.45) is 5.92 Å². The average molecular weight is 380 g/mol. The molecule has 26 heavy (non-hydrogen) atoms. The number of carbonyl (C=O) groups excluding carboxylic acids is 2. The third kappa shape index (κ3) is 3.32. The number of benzene rings is 1. The van der Waals surface area contributed by atoms with Crippen LogP contribution in [0, 0.1) is 11.7 Å². The zero-order valence-corrected chi connectivity index (χ0v) is 15.3. The number of carbonyl (C=O) groups is 2. The fourth-order valence-electron chi connectivity index (χ4n) is 4.30. The second-order valence-electron chi connectivity index (χ2n) is 7.43.